The maximum atomic E-state index is 5.48. The Balaban J connectivity index is 2.15. The van der Waals surface area contributed by atoms with Crippen LogP contribution in [0.3, 0.4) is 0 Å². The highest BCUT2D eigenvalue weighted by Crippen LogP contribution is 2.48. The van der Waals surface area contributed by atoms with Crippen LogP contribution >= 0.6 is 0 Å². The summed E-state index contributed by atoms with van der Waals surface area (Å²) in [5.74, 6) is 2.36. The smallest absolute Gasteiger partial charge is 0.166 e. The molecule has 2 aliphatic heterocycles. The quantitative estimate of drug-likeness (QED) is 0.525. The molecule has 0 N–H and O–H groups in total. The van der Waals surface area contributed by atoms with Crippen LogP contribution in [0.15, 0.2) is 0 Å². The lowest BCUT2D eigenvalue weighted by Gasteiger charge is -2.25. The molecule has 0 aromatic carbocycles. The molecule has 2 heterocycles. The molecule has 2 aliphatic rings. The number of ether oxygens (including phenoxy) is 2. The van der Waals surface area contributed by atoms with Gasteiger partial charge in [-0.2, -0.15) is 0 Å². The Morgan fingerprint density at radius 3 is 2.45 bits per heavy atom. The van der Waals surface area contributed by atoms with Gasteiger partial charge in [0.1, 0.15) is 0 Å². The maximum absolute atomic E-state index is 5.48. The molecule has 0 unspecified atom stereocenters. The van der Waals surface area contributed by atoms with E-state index >= 15 is 0 Å². The molecular weight excluding hydrogens is 140 g/mol. The molecule has 2 rings (SSSR count). The van der Waals surface area contributed by atoms with Gasteiger partial charge in [0.25, 0.3) is 0 Å². The first kappa shape index (κ1) is 7.15. The van der Waals surface area contributed by atoms with Crippen molar-refractivity contribution in [1.82, 2.24) is 0 Å². The van der Waals surface area contributed by atoms with Crippen LogP contribution in [0, 0.1) is 17.8 Å². The van der Waals surface area contributed by atoms with E-state index in [9.17, 15) is 0 Å². The van der Waals surface area contributed by atoms with Crippen molar-refractivity contribution < 1.29 is 9.47 Å². The first-order chi connectivity index (χ1) is 5.18. The SMILES string of the molecule is C#CCC12COC(C)(C1)OC2. The molecular formula is C9H12O2. The van der Waals surface area contributed by atoms with Gasteiger partial charge >= 0.3 is 0 Å². The van der Waals surface area contributed by atoms with Crippen LogP contribution < -0.4 is 0 Å². The van der Waals surface area contributed by atoms with Crippen molar-refractivity contribution in [2.45, 2.75) is 25.6 Å². The fourth-order valence-electron chi connectivity index (χ4n) is 1.96. The van der Waals surface area contributed by atoms with Crippen LogP contribution in [-0.2, 0) is 9.47 Å². The molecule has 2 nitrogen and oxygen atoms in total. The molecule has 11 heavy (non-hydrogen) atoms. The van der Waals surface area contributed by atoms with E-state index in [1.54, 1.807) is 0 Å². The fourth-order valence-corrected chi connectivity index (χ4v) is 1.96. The maximum Gasteiger partial charge on any atom is 0.166 e. The van der Waals surface area contributed by atoms with Crippen molar-refractivity contribution in [2.24, 2.45) is 5.41 Å². The highest BCUT2D eigenvalue weighted by Gasteiger charge is 2.54. The molecule has 2 fully saturated rings. The molecule has 0 aromatic heterocycles. The summed E-state index contributed by atoms with van der Waals surface area (Å²) in [6.45, 7) is 3.53. The van der Waals surface area contributed by atoms with Crippen LogP contribution in [0.2, 0.25) is 0 Å². The minimum Gasteiger partial charge on any atom is -0.349 e. The van der Waals surface area contributed by atoms with Gasteiger partial charge in [-0.3, -0.25) is 0 Å². The van der Waals surface area contributed by atoms with Crippen LogP contribution in [0.4, 0.5) is 0 Å². The monoisotopic (exact) mass is 152 g/mol. The van der Waals surface area contributed by atoms with Gasteiger partial charge in [-0.1, -0.05) is 0 Å². The zero-order chi connectivity index (χ0) is 7.95. The Kier molecular flexibility index (Phi) is 1.30. The van der Waals surface area contributed by atoms with Crippen LogP contribution in [0.25, 0.3) is 0 Å². The van der Waals surface area contributed by atoms with E-state index in [-0.39, 0.29) is 11.2 Å². The van der Waals surface area contributed by atoms with Gasteiger partial charge in [0.15, 0.2) is 5.79 Å². The van der Waals surface area contributed by atoms with Gasteiger partial charge in [0.2, 0.25) is 0 Å². The van der Waals surface area contributed by atoms with Gasteiger partial charge < -0.3 is 9.47 Å². The van der Waals surface area contributed by atoms with Gasteiger partial charge in [0.05, 0.1) is 13.2 Å². The molecule has 0 radical (unpaired) electrons. The van der Waals surface area contributed by atoms with Crippen molar-refractivity contribution in [3.05, 3.63) is 0 Å². The first-order valence-electron chi connectivity index (χ1n) is 3.90. The van der Waals surface area contributed by atoms with E-state index in [2.05, 4.69) is 5.92 Å². The second-order valence-electron chi connectivity index (χ2n) is 3.77. The van der Waals surface area contributed by atoms with Crippen LogP contribution in [0.5, 0.6) is 0 Å². The van der Waals surface area contributed by atoms with Gasteiger partial charge in [-0.15, -0.1) is 12.3 Å². The van der Waals surface area contributed by atoms with Crippen molar-refractivity contribution in [2.75, 3.05) is 13.2 Å². The highest BCUT2D eigenvalue weighted by atomic mass is 16.7. The predicted octanol–water partition coefficient (Wildman–Crippen LogP) is 1.16. The van der Waals surface area contributed by atoms with E-state index in [1.807, 2.05) is 6.92 Å². The average Bonchev–Trinajstić information content (AvgIpc) is 2.42. The standard InChI is InChI=1S/C9H12O2/c1-3-4-9-5-8(2,10-6-9)11-7-9/h1H,4-7H2,2H3. The van der Waals surface area contributed by atoms with Crippen LogP contribution in [0.1, 0.15) is 19.8 Å². The lowest BCUT2D eigenvalue weighted by atomic mass is 9.85. The summed E-state index contributed by atoms with van der Waals surface area (Å²) in [7, 11) is 0. The molecule has 60 valence electrons. The third kappa shape index (κ3) is 0.962. The van der Waals surface area contributed by atoms with Crippen molar-refractivity contribution in [1.29, 1.82) is 0 Å². The van der Waals surface area contributed by atoms with Crippen molar-refractivity contribution in [3.63, 3.8) is 0 Å². The zero-order valence-corrected chi connectivity index (χ0v) is 6.72. The molecule has 2 saturated heterocycles. The summed E-state index contributed by atoms with van der Waals surface area (Å²) in [6, 6.07) is 0. The number of rotatable bonds is 1. The van der Waals surface area contributed by atoms with E-state index in [1.165, 1.54) is 0 Å². The largest absolute Gasteiger partial charge is 0.349 e. The molecule has 0 aliphatic carbocycles. The summed E-state index contributed by atoms with van der Waals surface area (Å²) in [6.07, 6.45) is 7.01. The van der Waals surface area contributed by atoms with Crippen molar-refractivity contribution >= 4 is 0 Å². The number of fused-ring (bicyclic) bond motifs is 2. The van der Waals surface area contributed by atoms with Gasteiger partial charge in [-0.25, -0.2) is 0 Å². The number of hydrogen-bond donors (Lipinski definition) is 0. The van der Waals surface area contributed by atoms with E-state index in [4.69, 9.17) is 15.9 Å². The first-order valence-corrected chi connectivity index (χ1v) is 3.90. The normalized spacial score (nSPS) is 47.6. The topological polar surface area (TPSA) is 18.5 Å². The average molecular weight is 152 g/mol. The Morgan fingerprint density at radius 1 is 1.45 bits per heavy atom. The molecule has 0 atom stereocenters. The van der Waals surface area contributed by atoms with E-state index < -0.39 is 0 Å². The molecule has 0 aromatic rings. The summed E-state index contributed by atoms with van der Waals surface area (Å²) in [5, 5.41) is 0. The molecule has 0 spiro atoms. The lowest BCUT2D eigenvalue weighted by Crippen LogP contribution is -2.29. The number of hydrogen-bond acceptors (Lipinski definition) is 2. The Hall–Kier alpha value is -0.520. The summed E-state index contributed by atoms with van der Waals surface area (Å²) < 4.78 is 11.0. The highest BCUT2D eigenvalue weighted by molar-refractivity contribution is 5.03. The van der Waals surface area contributed by atoms with Gasteiger partial charge in [-0.05, 0) is 6.92 Å². The summed E-state index contributed by atoms with van der Waals surface area (Å²) in [5.41, 5.74) is 0.142. The van der Waals surface area contributed by atoms with E-state index in [0.717, 1.165) is 26.1 Å². The molecule has 2 heteroatoms. The molecule has 0 amide bonds. The summed E-state index contributed by atoms with van der Waals surface area (Å²) in [4.78, 5) is 0. The third-order valence-electron chi connectivity index (χ3n) is 2.54. The molecule has 2 bridgehead atoms. The predicted molar refractivity (Wildman–Crippen MR) is 40.8 cm³/mol. The third-order valence-corrected chi connectivity index (χ3v) is 2.54. The minimum absolute atomic E-state index is 0.142. The second-order valence-corrected chi connectivity index (χ2v) is 3.77. The van der Waals surface area contributed by atoms with Crippen LogP contribution in [-0.4, -0.2) is 19.0 Å². The lowest BCUT2D eigenvalue weighted by molar-refractivity contribution is -0.209. The van der Waals surface area contributed by atoms with Gasteiger partial charge in [0, 0.05) is 18.3 Å². The Labute approximate surface area is 66.9 Å². The summed E-state index contributed by atoms with van der Waals surface area (Å²) >= 11 is 0. The fraction of sp³-hybridized carbons (Fsp3) is 0.778. The second kappa shape index (κ2) is 2.00. The van der Waals surface area contributed by atoms with Crippen molar-refractivity contribution in [3.8, 4) is 12.3 Å². The van der Waals surface area contributed by atoms with E-state index in [0.29, 0.717) is 0 Å². The molecule has 0 saturated carbocycles. The Bertz CT molecular complexity index is 206. The Morgan fingerprint density at radius 2 is 2.09 bits per heavy atom. The minimum atomic E-state index is -0.323. The number of terminal acetylenes is 1. The zero-order valence-electron chi connectivity index (χ0n) is 6.72.